The van der Waals surface area contributed by atoms with E-state index in [1.807, 2.05) is 0 Å². The predicted octanol–water partition coefficient (Wildman–Crippen LogP) is 4.77. The average molecular weight is 252 g/mol. The van der Waals surface area contributed by atoms with Crippen LogP contribution in [0, 0.1) is 0 Å². The van der Waals surface area contributed by atoms with Gasteiger partial charge in [-0.3, -0.25) is 0 Å². The molecule has 0 bridgehead atoms. The number of hydrogen-bond donors (Lipinski definition) is 0. The third-order valence-corrected chi connectivity index (χ3v) is 2.63. The van der Waals surface area contributed by atoms with Gasteiger partial charge in [-0.25, -0.2) is 0 Å². The Balaban J connectivity index is 2.60. The Bertz CT molecular complexity index is 536. The summed E-state index contributed by atoms with van der Waals surface area (Å²) < 4.78 is 44.2. The van der Waals surface area contributed by atoms with Crippen molar-refractivity contribution in [3.05, 3.63) is 60.1 Å². The summed E-state index contributed by atoms with van der Waals surface area (Å²) in [6.07, 6.45) is -3.21. The topological polar surface area (TPSA) is 13.1 Å². The molecule has 0 aliphatic rings. The average Bonchev–Trinajstić information content (AvgIpc) is 2.82. The lowest BCUT2D eigenvalue weighted by atomic mass is 9.99. The summed E-state index contributed by atoms with van der Waals surface area (Å²) in [7, 11) is 0. The highest BCUT2D eigenvalue weighted by Gasteiger charge is 2.38. The van der Waals surface area contributed by atoms with Gasteiger partial charge < -0.3 is 4.42 Å². The van der Waals surface area contributed by atoms with Gasteiger partial charge in [-0.15, -0.1) is 0 Å². The van der Waals surface area contributed by atoms with Gasteiger partial charge in [0.2, 0.25) is 0 Å². The van der Waals surface area contributed by atoms with Gasteiger partial charge >= 0.3 is 6.18 Å². The van der Waals surface area contributed by atoms with E-state index in [2.05, 4.69) is 0 Å². The van der Waals surface area contributed by atoms with E-state index < -0.39 is 11.7 Å². The maximum Gasteiger partial charge on any atom is 0.420 e. The maximum absolute atomic E-state index is 13.1. The monoisotopic (exact) mass is 252 g/mol. The summed E-state index contributed by atoms with van der Waals surface area (Å²) in [5, 5.41) is 0. The molecule has 4 heteroatoms. The molecule has 0 aliphatic heterocycles. The van der Waals surface area contributed by atoms with Crippen LogP contribution in [0.1, 0.15) is 18.2 Å². The number of benzene rings is 1. The van der Waals surface area contributed by atoms with Gasteiger partial charge in [0.25, 0.3) is 0 Å². The minimum Gasteiger partial charge on any atom is -0.464 e. The fraction of sp³-hybridized carbons (Fsp3) is 0.143. The first-order chi connectivity index (χ1) is 8.50. The van der Waals surface area contributed by atoms with Crippen LogP contribution >= 0.6 is 0 Å². The SMILES string of the molecule is C/C(=C(/c1ccco1)C(F)(F)F)c1ccccc1. The first-order valence-corrected chi connectivity index (χ1v) is 5.37. The van der Waals surface area contributed by atoms with Crippen molar-refractivity contribution in [2.24, 2.45) is 0 Å². The van der Waals surface area contributed by atoms with E-state index in [1.165, 1.54) is 25.3 Å². The lowest BCUT2D eigenvalue weighted by Gasteiger charge is -2.13. The minimum absolute atomic E-state index is 0.151. The largest absolute Gasteiger partial charge is 0.464 e. The summed E-state index contributed by atoms with van der Waals surface area (Å²) in [4.78, 5) is 0. The third kappa shape index (κ3) is 2.47. The molecule has 1 heterocycles. The zero-order valence-corrected chi connectivity index (χ0v) is 9.66. The van der Waals surface area contributed by atoms with Crippen molar-refractivity contribution >= 4 is 11.1 Å². The second kappa shape index (κ2) is 4.72. The molecule has 18 heavy (non-hydrogen) atoms. The molecule has 0 amide bonds. The predicted molar refractivity (Wildman–Crippen MR) is 63.7 cm³/mol. The van der Waals surface area contributed by atoms with Crippen molar-refractivity contribution in [1.82, 2.24) is 0 Å². The lowest BCUT2D eigenvalue weighted by Crippen LogP contribution is -2.12. The van der Waals surface area contributed by atoms with Crippen LogP contribution in [0.15, 0.2) is 53.1 Å². The van der Waals surface area contributed by atoms with Crippen molar-refractivity contribution in [2.75, 3.05) is 0 Å². The first kappa shape index (κ1) is 12.5. The number of alkyl halides is 3. The molecule has 0 spiro atoms. The molecule has 94 valence electrons. The van der Waals surface area contributed by atoms with Crippen molar-refractivity contribution in [3.8, 4) is 0 Å². The highest BCUT2D eigenvalue weighted by atomic mass is 19.4. The molecule has 1 nitrogen and oxygen atoms in total. The van der Waals surface area contributed by atoms with E-state index in [4.69, 9.17) is 4.42 Å². The molecule has 1 aromatic carbocycles. The molecule has 0 unspecified atom stereocenters. The van der Waals surface area contributed by atoms with Gasteiger partial charge in [-0.1, -0.05) is 30.3 Å². The van der Waals surface area contributed by atoms with Gasteiger partial charge in [0.15, 0.2) is 0 Å². The minimum atomic E-state index is -4.45. The Morgan fingerprint density at radius 3 is 2.17 bits per heavy atom. The highest BCUT2D eigenvalue weighted by molar-refractivity contribution is 5.90. The summed E-state index contributed by atoms with van der Waals surface area (Å²) >= 11 is 0. The highest BCUT2D eigenvalue weighted by Crippen LogP contribution is 2.39. The van der Waals surface area contributed by atoms with Crippen molar-refractivity contribution in [1.29, 1.82) is 0 Å². The lowest BCUT2D eigenvalue weighted by molar-refractivity contribution is -0.0696. The molecule has 0 radical (unpaired) electrons. The Morgan fingerprint density at radius 1 is 1.00 bits per heavy atom. The van der Waals surface area contributed by atoms with Gasteiger partial charge in [0.05, 0.1) is 6.26 Å². The summed E-state index contributed by atoms with van der Waals surface area (Å²) in [5.41, 5.74) is -0.0574. The smallest absolute Gasteiger partial charge is 0.420 e. The fourth-order valence-electron chi connectivity index (χ4n) is 1.79. The van der Waals surface area contributed by atoms with Crippen molar-refractivity contribution in [2.45, 2.75) is 13.1 Å². The van der Waals surface area contributed by atoms with E-state index in [9.17, 15) is 13.2 Å². The van der Waals surface area contributed by atoms with Gasteiger partial charge in [0.1, 0.15) is 11.3 Å². The van der Waals surface area contributed by atoms with Gasteiger partial charge in [-0.05, 0) is 30.2 Å². The Kier molecular flexibility index (Phi) is 3.28. The summed E-state index contributed by atoms with van der Waals surface area (Å²) in [5.74, 6) is -0.163. The number of furan rings is 1. The molecule has 0 saturated carbocycles. The van der Waals surface area contributed by atoms with E-state index in [1.54, 1.807) is 30.3 Å². The van der Waals surface area contributed by atoms with Crippen LogP contribution in [-0.2, 0) is 0 Å². The van der Waals surface area contributed by atoms with Crippen LogP contribution in [0.2, 0.25) is 0 Å². The number of halogens is 3. The zero-order chi connectivity index (χ0) is 13.2. The maximum atomic E-state index is 13.1. The normalized spacial score (nSPS) is 13.3. The van der Waals surface area contributed by atoms with Crippen molar-refractivity contribution < 1.29 is 17.6 Å². The quantitative estimate of drug-likeness (QED) is 0.750. The molecule has 0 saturated heterocycles. The van der Waals surface area contributed by atoms with Crippen LogP contribution in [0.4, 0.5) is 13.2 Å². The molecule has 0 fully saturated rings. The van der Waals surface area contributed by atoms with Crippen LogP contribution in [0.25, 0.3) is 11.1 Å². The molecule has 0 N–H and O–H groups in total. The fourth-order valence-corrected chi connectivity index (χ4v) is 1.79. The van der Waals surface area contributed by atoms with Crippen LogP contribution in [0.5, 0.6) is 0 Å². The standard InChI is InChI=1S/C14H11F3O/c1-10(11-6-3-2-4-7-11)13(14(15,16)17)12-8-5-9-18-12/h2-9H,1H3/b13-10+. The second-order valence-corrected chi connectivity index (χ2v) is 3.84. The molecular formula is C14H11F3O. The molecule has 2 rings (SSSR count). The van der Waals surface area contributed by atoms with Gasteiger partial charge in [-0.2, -0.15) is 13.2 Å². The first-order valence-electron chi connectivity index (χ1n) is 5.37. The van der Waals surface area contributed by atoms with E-state index >= 15 is 0 Å². The van der Waals surface area contributed by atoms with E-state index in [-0.39, 0.29) is 11.3 Å². The number of rotatable bonds is 2. The van der Waals surface area contributed by atoms with Crippen molar-refractivity contribution in [3.63, 3.8) is 0 Å². The third-order valence-electron chi connectivity index (χ3n) is 2.63. The Hall–Kier alpha value is -1.97. The number of allylic oxidation sites excluding steroid dienone is 2. The van der Waals surface area contributed by atoms with Crippen LogP contribution in [-0.4, -0.2) is 6.18 Å². The molecule has 0 atom stereocenters. The zero-order valence-electron chi connectivity index (χ0n) is 9.66. The van der Waals surface area contributed by atoms with E-state index in [0.717, 1.165) is 0 Å². The van der Waals surface area contributed by atoms with Crippen LogP contribution in [0.3, 0.4) is 0 Å². The second-order valence-electron chi connectivity index (χ2n) is 3.84. The Labute approximate surface area is 103 Å². The molecular weight excluding hydrogens is 241 g/mol. The summed E-state index contributed by atoms with van der Waals surface area (Å²) in [6, 6.07) is 11.2. The number of hydrogen-bond acceptors (Lipinski definition) is 1. The molecule has 2 aromatic rings. The molecule has 0 aliphatic carbocycles. The van der Waals surface area contributed by atoms with E-state index in [0.29, 0.717) is 5.56 Å². The summed E-state index contributed by atoms with van der Waals surface area (Å²) in [6.45, 7) is 1.45. The Morgan fingerprint density at radius 2 is 1.67 bits per heavy atom. The molecule has 1 aromatic heterocycles. The van der Waals surface area contributed by atoms with Crippen LogP contribution < -0.4 is 0 Å². The van der Waals surface area contributed by atoms with Gasteiger partial charge in [0, 0.05) is 0 Å².